The van der Waals surface area contributed by atoms with Crippen LogP contribution in [0.2, 0.25) is 0 Å². The summed E-state index contributed by atoms with van der Waals surface area (Å²) in [6.07, 6.45) is 8.90. The molecule has 0 unspecified atom stereocenters. The monoisotopic (exact) mass is 665 g/mol. The Bertz CT molecular complexity index is 1620. The number of hydrogen-bond acceptors (Lipinski definition) is 8. The average Bonchev–Trinajstić information content (AvgIpc) is 3.83. The van der Waals surface area contributed by atoms with Crippen molar-refractivity contribution in [3.05, 3.63) is 75.6 Å². The fraction of sp³-hybridized carbons (Fsp3) is 0.541. The van der Waals surface area contributed by atoms with E-state index in [9.17, 15) is 19.6 Å². The molecule has 1 aliphatic heterocycles. The molecule has 258 valence electrons. The minimum absolute atomic E-state index is 0.0555. The zero-order valence-corrected chi connectivity index (χ0v) is 28.6. The zero-order chi connectivity index (χ0) is 34.4. The summed E-state index contributed by atoms with van der Waals surface area (Å²) in [7, 11) is 0. The number of likely N-dealkylation sites (tertiary alicyclic amines) is 1. The summed E-state index contributed by atoms with van der Waals surface area (Å²) in [6.45, 7) is 5.59. The van der Waals surface area contributed by atoms with Crippen molar-refractivity contribution < 1.29 is 14.4 Å². The van der Waals surface area contributed by atoms with Crippen LogP contribution < -0.4 is 16.0 Å². The summed E-state index contributed by atoms with van der Waals surface area (Å²) >= 11 is 0. The number of carbonyl (C=O) groups excluding carboxylic acids is 3. The first kappa shape index (κ1) is 34.2. The molecule has 1 aromatic heterocycles. The molecule has 3 aliphatic rings. The third kappa shape index (κ3) is 6.95. The number of nitrogens with zero attached hydrogens (tertiary/aromatic N) is 5. The molecule has 0 spiro atoms. The molecule has 0 radical (unpaired) electrons. The number of nitrogens with one attached hydrogen (secondary N) is 4. The molecule has 12 heteroatoms. The Morgan fingerprint density at radius 2 is 1.57 bits per heavy atom. The van der Waals surface area contributed by atoms with Crippen LogP contribution in [-0.4, -0.2) is 81.5 Å². The predicted octanol–water partition coefficient (Wildman–Crippen LogP) is 3.58. The number of aromatic nitrogens is 4. The van der Waals surface area contributed by atoms with Gasteiger partial charge in [-0.05, 0) is 122 Å². The fourth-order valence-electron chi connectivity index (χ4n) is 8.36. The largest absolute Gasteiger partial charge is 0.352 e. The molecule has 2 heterocycles. The Morgan fingerprint density at radius 3 is 2.12 bits per heavy atom. The summed E-state index contributed by atoms with van der Waals surface area (Å²) in [5.74, 6) is 0.566. The molecule has 0 bridgehead atoms. The molecule has 2 atom stereocenters. The minimum atomic E-state index is -0.884. The van der Waals surface area contributed by atoms with Gasteiger partial charge in [0, 0.05) is 36.8 Å². The van der Waals surface area contributed by atoms with Gasteiger partial charge in [0.05, 0.1) is 18.0 Å². The molecule has 6 rings (SSSR count). The lowest BCUT2D eigenvalue weighted by Gasteiger charge is -2.41. The summed E-state index contributed by atoms with van der Waals surface area (Å²) in [6, 6.07) is 13.6. The van der Waals surface area contributed by atoms with Crippen LogP contribution in [0, 0.1) is 17.2 Å². The lowest BCUT2D eigenvalue weighted by molar-refractivity contribution is -0.130. The van der Waals surface area contributed by atoms with E-state index in [1.54, 1.807) is 4.90 Å². The number of hydrogen-bond donors (Lipinski definition) is 4. The van der Waals surface area contributed by atoms with Crippen LogP contribution in [0.1, 0.15) is 114 Å². The summed E-state index contributed by atoms with van der Waals surface area (Å²) in [5, 5.41) is 35.1. The van der Waals surface area contributed by atoms with E-state index in [0.717, 1.165) is 54.4 Å². The van der Waals surface area contributed by atoms with Crippen molar-refractivity contribution in [3.63, 3.8) is 0 Å². The number of H-pyrrole nitrogens is 1. The maximum atomic E-state index is 13.6. The Morgan fingerprint density at radius 1 is 0.939 bits per heavy atom. The summed E-state index contributed by atoms with van der Waals surface area (Å²) in [4.78, 5) is 41.3. The highest BCUT2D eigenvalue weighted by molar-refractivity contribution is 5.95. The second-order valence-electron chi connectivity index (χ2n) is 13.6. The van der Waals surface area contributed by atoms with Gasteiger partial charge in [0.2, 0.25) is 5.91 Å². The topological polar surface area (TPSA) is 169 Å². The van der Waals surface area contributed by atoms with Crippen LogP contribution in [0.25, 0.3) is 0 Å². The SMILES string of the molecule is CCNC(=O)c1ccc2c(c1)CCc1cc(C(=O)NCC)ccc1C2(C[C@H](NCC(=O)N1CCC[C@H]1C#N)C1CCCCC1)c1nnn[nH]1. The number of aryl methyl sites for hydroxylation is 2. The van der Waals surface area contributed by atoms with Gasteiger partial charge in [-0.2, -0.15) is 5.26 Å². The Hall–Kier alpha value is -4.63. The zero-order valence-electron chi connectivity index (χ0n) is 28.6. The van der Waals surface area contributed by atoms with Crippen molar-refractivity contribution in [1.29, 1.82) is 5.26 Å². The van der Waals surface area contributed by atoms with Crippen LogP contribution in [0.15, 0.2) is 36.4 Å². The van der Waals surface area contributed by atoms with E-state index in [1.807, 2.05) is 50.2 Å². The number of rotatable bonds is 11. The molecule has 1 saturated carbocycles. The van der Waals surface area contributed by atoms with Gasteiger partial charge < -0.3 is 20.9 Å². The summed E-state index contributed by atoms with van der Waals surface area (Å²) < 4.78 is 0. The highest BCUT2D eigenvalue weighted by Crippen LogP contribution is 2.48. The number of tetrazole rings is 1. The molecule has 4 N–H and O–H groups in total. The molecule has 2 aromatic carbocycles. The lowest BCUT2D eigenvalue weighted by Crippen LogP contribution is -2.49. The number of aromatic amines is 1. The molecular formula is C37H47N9O3. The third-order valence-electron chi connectivity index (χ3n) is 10.7. The van der Waals surface area contributed by atoms with Gasteiger partial charge in [-0.3, -0.25) is 14.4 Å². The van der Waals surface area contributed by atoms with E-state index >= 15 is 0 Å². The standard InChI is InChI=1S/C37H47N9O3/c1-3-39-34(48)27-14-16-30-25(19-27)12-13-26-20-28(35(49)40-4-2)15-17-31(26)37(30,36-42-44-45-43-36)21-32(24-9-6-5-7-10-24)41-23-33(47)46-18-8-11-29(46)22-38/h14-17,19-20,24,29,32,41H,3-13,18,21,23H2,1-2H3,(H,39,48)(H,40,49)(H,42,43,44,45)/t29-,32-/m0/s1. The van der Waals surface area contributed by atoms with Gasteiger partial charge in [0.15, 0.2) is 5.82 Å². The Labute approximate surface area is 287 Å². The van der Waals surface area contributed by atoms with Gasteiger partial charge in [0.1, 0.15) is 6.04 Å². The average molecular weight is 666 g/mol. The van der Waals surface area contributed by atoms with E-state index in [-0.39, 0.29) is 36.3 Å². The molecule has 2 fully saturated rings. The predicted molar refractivity (Wildman–Crippen MR) is 184 cm³/mol. The first-order valence-electron chi connectivity index (χ1n) is 17.9. The van der Waals surface area contributed by atoms with Gasteiger partial charge in [0.25, 0.3) is 11.8 Å². The van der Waals surface area contributed by atoms with Crippen LogP contribution in [0.5, 0.6) is 0 Å². The third-order valence-corrected chi connectivity index (χ3v) is 10.7. The minimum Gasteiger partial charge on any atom is -0.352 e. The van der Waals surface area contributed by atoms with Crippen molar-refractivity contribution >= 4 is 17.7 Å². The van der Waals surface area contributed by atoms with Crippen LogP contribution in [0.4, 0.5) is 0 Å². The van der Waals surface area contributed by atoms with Gasteiger partial charge in [-0.1, -0.05) is 31.4 Å². The van der Waals surface area contributed by atoms with E-state index in [2.05, 4.69) is 42.6 Å². The second kappa shape index (κ2) is 15.3. The molecule has 2 aliphatic carbocycles. The van der Waals surface area contributed by atoms with E-state index < -0.39 is 5.41 Å². The van der Waals surface area contributed by atoms with Crippen molar-refractivity contribution in [2.24, 2.45) is 5.92 Å². The highest BCUT2D eigenvalue weighted by Gasteiger charge is 2.47. The molecular weight excluding hydrogens is 618 g/mol. The Balaban J connectivity index is 1.49. The van der Waals surface area contributed by atoms with E-state index in [4.69, 9.17) is 0 Å². The molecule has 3 aromatic rings. The van der Waals surface area contributed by atoms with Crippen molar-refractivity contribution in [1.82, 2.24) is 41.5 Å². The molecule has 49 heavy (non-hydrogen) atoms. The quantitative estimate of drug-likeness (QED) is 0.241. The van der Waals surface area contributed by atoms with Crippen LogP contribution in [0.3, 0.4) is 0 Å². The van der Waals surface area contributed by atoms with Crippen LogP contribution >= 0.6 is 0 Å². The van der Waals surface area contributed by atoms with Crippen molar-refractivity contribution in [2.45, 2.75) is 95.6 Å². The number of amides is 3. The smallest absolute Gasteiger partial charge is 0.251 e. The molecule has 1 saturated heterocycles. The lowest BCUT2D eigenvalue weighted by atomic mass is 9.65. The number of nitriles is 1. The second-order valence-corrected chi connectivity index (χ2v) is 13.6. The molecule has 12 nitrogen and oxygen atoms in total. The first-order valence-corrected chi connectivity index (χ1v) is 17.9. The van der Waals surface area contributed by atoms with Crippen molar-refractivity contribution in [3.8, 4) is 6.07 Å². The Kier molecular flexibility index (Phi) is 10.7. The normalized spacial score (nSPS) is 19.2. The number of fused-ring (bicyclic) bond motifs is 2. The van der Waals surface area contributed by atoms with Crippen LogP contribution in [-0.2, 0) is 23.1 Å². The maximum Gasteiger partial charge on any atom is 0.251 e. The number of benzene rings is 2. The van der Waals surface area contributed by atoms with Gasteiger partial charge >= 0.3 is 0 Å². The fourth-order valence-corrected chi connectivity index (χ4v) is 8.36. The van der Waals surface area contributed by atoms with Gasteiger partial charge in [-0.25, -0.2) is 5.10 Å². The van der Waals surface area contributed by atoms with E-state index in [1.165, 1.54) is 6.42 Å². The first-order chi connectivity index (χ1) is 23.9. The van der Waals surface area contributed by atoms with E-state index in [0.29, 0.717) is 68.2 Å². The highest BCUT2D eigenvalue weighted by atomic mass is 16.2. The summed E-state index contributed by atoms with van der Waals surface area (Å²) in [5.41, 5.74) is 4.33. The maximum absolute atomic E-state index is 13.6. The van der Waals surface area contributed by atoms with Crippen molar-refractivity contribution in [2.75, 3.05) is 26.2 Å². The number of carbonyl (C=O) groups is 3. The molecule has 3 amide bonds. The van der Waals surface area contributed by atoms with Gasteiger partial charge in [-0.15, -0.1) is 5.10 Å².